The van der Waals surface area contributed by atoms with Crippen molar-refractivity contribution in [1.82, 2.24) is 20.2 Å². The van der Waals surface area contributed by atoms with Crippen molar-refractivity contribution in [2.24, 2.45) is 0 Å². The van der Waals surface area contributed by atoms with Gasteiger partial charge in [-0.2, -0.15) is 17.9 Å². The molecule has 1 atom stereocenters. The summed E-state index contributed by atoms with van der Waals surface area (Å²) in [7, 11) is 0. The molecule has 0 saturated heterocycles. The number of hydrogen-bond acceptors (Lipinski definition) is 6. The molecule has 1 aromatic heterocycles. The molecule has 0 aliphatic rings. The van der Waals surface area contributed by atoms with E-state index < -0.39 is 22.9 Å². The number of alkyl halides is 3. The highest BCUT2D eigenvalue weighted by molar-refractivity contribution is 8.00. The lowest BCUT2D eigenvalue weighted by atomic mass is 10.1. The normalized spacial score (nSPS) is 12.4. The van der Waals surface area contributed by atoms with Gasteiger partial charge in [0.05, 0.1) is 28.8 Å². The van der Waals surface area contributed by atoms with Crippen LogP contribution in [0.5, 0.6) is 5.75 Å². The lowest BCUT2D eigenvalue weighted by Crippen LogP contribution is -2.24. The van der Waals surface area contributed by atoms with Crippen LogP contribution in [0, 0.1) is 0 Å². The largest absolute Gasteiger partial charge is 0.494 e. The summed E-state index contributed by atoms with van der Waals surface area (Å²) in [5, 5.41) is 13.4. The molecular formula is C19H18F3N5O2S. The van der Waals surface area contributed by atoms with Gasteiger partial charge in [-0.15, -0.1) is 5.10 Å². The van der Waals surface area contributed by atoms with Gasteiger partial charge in [0.15, 0.2) is 0 Å². The van der Waals surface area contributed by atoms with E-state index in [0.29, 0.717) is 23.2 Å². The summed E-state index contributed by atoms with van der Waals surface area (Å²) in [5.74, 6) is 0.0950. The zero-order chi connectivity index (χ0) is 21.7. The molecule has 11 heteroatoms. The first-order valence-corrected chi connectivity index (χ1v) is 9.83. The van der Waals surface area contributed by atoms with Gasteiger partial charge in [-0.25, -0.2) is 0 Å². The smallest absolute Gasteiger partial charge is 0.418 e. The molecule has 1 N–H and O–H groups in total. The van der Waals surface area contributed by atoms with Crippen molar-refractivity contribution in [3.8, 4) is 11.4 Å². The number of anilines is 1. The summed E-state index contributed by atoms with van der Waals surface area (Å²) in [6.45, 7) is 3.98. The van der Waals surface area contributed by atoms with Crippen molar-refractivity contribution < 1.29 is 22.7 Å². The van der Waals surface area contributed by atoms with Gasteiger partial charge in [-0.3, -0.25) is 4.79 Å². The Morgan fingerprint density at radius 3 is 2.57 bits per heavy atom. The number of carbonyl (C=O) groups is 1. The van der Waals surface area contributed by atoms with Gasteiger partial charge in [0, 0.05) is 0 Å². The van der Waals surface area contributed by atoms with Gasteiger partial charge in [0.2, 0.25) is 11.1 Å². The van der Waals surface area contributed by atoms with E-state index >= 15 is 0 Å². The molecule has 1 amide bonds. The predicted octanol–water partition coefficient (Wildman–Crippen LogP) is 4.20. The number of ether oxygens (including phenoxy) is 1. The second kappa shape index (κ2) is 9.16. The van der Waals surface area contributed by atoms with Crippen LogP contribution in [0.3, 0.4) is 0 Å². The first kappa shape index (κ1) is 21.6. The number of thioether (sulfide) groups is 1. The summed E-state index contributed by atoms with van der Waals surface area (Å²) in [6.07, 6.45) is -4.57. The van der Waals surface area contributed by atoms with Crippen LogP contribution in [0.15, 0.2) is 53.7 Å². The topological polar surface area (TPSA) is 81.9 Å². The van der Waals surface area contributed by atoms with Gasteiger partial charge < -0.3 is 10.1 Å². The Morgan fingerprint density at radius 2 is 1.90 bits per heavy atom. The van der Waals surface area contributed by atoms with E-state index in [-0.39, 0.29) is 5.69 Å². The van der Waals surface area contributed by atoms with Crippen LogP contribution in [-0.2, 0) is 11.0 Å². The molecule has 0 aliphatic heterocycles. The summed E-state index contributed by atoms with van der Waals surface area (Å²) in [4.78, 5) is 12.5. The maximum Gasteiger partial charge on any atom is 0.418 e. The predicted molar refractivity (Wildman–Crippen MR) is 106 cm³/mol. The highest BCUT2D eigenvalue weighted by Crippen LogP contribution is 2.35. The van der Waals surface area contributed by atoms with Crippen molar-refractivity contribution in [3.05, 3.63) is 54.1 Å². The molecule has 0 saturated carbocycles. The summed E-state index contributed by atoms with van der Waals surface area (Å²) >= 11 is 1.03. The second-order valence-electron chi connectivity index (χ2n) is 6.09. The first-order valence-electron chi connectivity index (χ1n) is 8.95. The van der Waals surface area contributed by atoms with Crippen molar-refractivity contribution in [3.63, 3.8) is 0 Å². The van der Waals surface area contributed by atoms with Gasteiger partial charge >= 0.3 is 6.18 Å². The molecule has 0 spiro atoms. The van der Waals surface area contributed by atoms with Crippen molar-refractivity contribution >= 4 is 23.4 Å². The highest BCUT2D eigenvalue weighted by Gasteiger charge is 2.34. The van der Waals surface area contributed by atoms with Crippen molar-refractivity contribution in [2.45, 2.75) is 30.4 Å². The molecule has 158 valence electrons. The van der Waals surface area contributed by atoms with Crippen LogP contribution in [0.4, 0.5) is 18.9 Å². The van der Waals surface area contributed by atoms with Gasteiger partial charge in [-0.1, -0.05) is 23.9 Å². The lowest BCUT2D eigenvalue weighted by molar-refractivity contribution is -0.137. The first-order chi connectivity index (χ1) is 14.3. The maximum atomic E-state index is 13.1. The van der Waals surface area contributed by atoms with E-state index in [9.17, 15) is 18.0 Å². The quantitative estimate of drug-likeness (QED) is 0.558. The SMILES string of the molecule is CCOc1ccc(-n2nnnc2SC(C)C(=O)Nc2ccccc2C(F)(F)F)cc1. The van der Waals surface area contributed by atoms with E-state index in [1.807, 2.05) is 6.92 Å². The standard InChI is InChI=1S/C19H18F3N5O2S/c1-3-29-14-10-8-13(9-11-14)27-18(24-25-26-27)30-12(2)17(28)23-16-7-5-4-6-15(16)19(20,21)22/h4-12H,3H2,1-2H3,(H,23,28). The molecule has 1 unspecified atom stereocenters. The van der Waals surface area contributed by atoms with E-state index in [2.05, 4.69) is 20.8 Å². The third-order valence-electron chi connectivity index (χ3n) is 3.97. The zero-order valence-electron chi connectivity index (χ0n) is 16.1. The molecule has 1 heterocycles. The minimum atomic E-state index is -4.57. The molecule has 3 aromatic rings. The number of aromatic nitrogens is 4. The number of rotatable bonds is 7. The molecule has 2 aromatic carbocycles. The Kier molecular flexibility index (Phi) is 6.60. The number of amides is 1. The fourth-order valence-corrected chi connectivity index (χ4v) is 3.36. The monoisotopic (exact) mass is 437 g/mol. The second-order valence-corrected chi connectivity index (χ2v) is 7.40. The maximum absolute atomic E-state index is 13.1. The average molecular weight is 437 g/mol. The summed E-state index contributed by atoms with van der Waals surface area (Å²) in [5.41, 5.74) is -0.552. The van der Waals surface area contributed by atoms with Crippen molar-refractivity contribution in [2.75, 3.05) is 11.9 Å². The fourth-order valence-electron chi connectivity index (χ4n) is 2.55. The van der Waals surface area contributed by atoms with Gasteiger partial charge in [-0.05, 0) is 60.7 Å². The Balaban J connectivity index is 1.72. The van der Waals surface area contributed by atoms with Crippen LogP contribution in [0.2, 0.25) is 0 Å². The molecule has 0 bridgehead atoms. The number of halogens is 3. The molecule has 0 fully saturated rings. The van der Waals surface area contributed by atoms with Crippen LogP contribution < -0.4 is 10.1 Å². The molecule has 30 heavy (non-hydrogen) atoms. The lowest BCUT2D eigenvalue weighted by Gasteiger charge is -2.16. The van der Waals surface area contributed by atoms with Crippen LogP contribution in [-0.4, -0.2) is 38.0 Å². The van der Waals surface area contributed by atoms with Gasteiger partial charge in [0.1, 0.15) is 5.75 Å². The Labute approximate surface area is 174 Å². The Bertz CT molecular complexity index is 1010. The van der Waals surface area contributed by atoms with E-state index in [4.69, 9.17) is 4.74 Å². The number of para-hydroxylation sites is 1. The summed E-state index contributed by atoms with van der Waals surface area (Å²) < 4.78 is 46.2. The van der Waals surface area contributed by atoms with E-state index in [1.54, 1.807) is 31.2 Å². The fraction of sp³-hybridized carbons (Fsp3) is 0.263. The van der Waals surface area contributed by atoms with E-state index in [0.717, 1.165) is 17.8 Å². The number of hydrogen-bond donors (Lipinski definition) is 1. The molecule has 7 nitrogen and oxygen atoms in total. The van der Waals surface area contributed by atoms with Crippen LogP contribution in [0.25, 0.3) is 5.69 Å². The number of benzene rings is 2. The zero-order valence-corrected chi connectivity index (χ0v) is 16.9. The average Bonchev–Trinajstić information content (AvgIpc) is 3.16. The van der Waals surface area contributed by atoms with Gasteiger partial charge in [0.25, 0.3) is 0 Å². The van der Waals surface area contributed by atoms with Crippen LogP contribution >= 0.6 is 11.8 Å². The Morgan fingerprint density at radius 1 is 1.20 bits per heavy atom. The number of nitrogens with zero attached hydrogens (tertiary/aromatic N) is 4. The minimum absolute atomic E-state index is 0.298. The number of tetrazole rings is 1. The van der Waals surface area contributed by atoms with Crippen LogP contribution in [0.1, 0.15) is 19.4 Å². The molecule has 0 radical (unpaired) electrons. The van der Waals surface area contributed by atoms with E-state index in [1.165, 1.54) is 22.9 Å². The molecule has 3 rings (SSSR count). The Hall–Kier alpha value is -3.08. The van der Waals surface area contributed by atoms with Crippen molar-refractivity contribution in [1.29, 1.82) is 0 Å². The molecular weight excluding hydrogens is 419 g/mol. The molecule has 0 aliphatic carbocycles. The minimum Gasteiger partial charge on any atom is -0.494 e. The summed E-state index contributed by atoms with van der Waals surface area (Å²) in [6, 6.07) is 11.9. The third kappa shape index (κ3) is 5.09. The number of nitrogens with one attached hydrogen (secondary N) is 1. The highest BCUT2D eigenvalue weighted by atomic mass is 32.2. The number of carbonyl (C=O) groups excluding carboxylic acids is 1. The third-order valence-corrected chi connectivity index (χ3v) is 5.01.